The molecule has 0 aliphatic heterocycles. The van der Waals surface area contributed by atoms with E-state index in [0.717, 1.165) is 25.7 Å². The molecule has 0 radical (unpaired) electrons. The summed E-state index contributed by atoms with van der Waals surface area (Å²) in [5, 5.41) is 0. The lowest BCUT2D eigenvalue weighted by Gasteiger charge is -2.13. The van der Waals surface area contributed by atoms with Crippen LogP contribution in [0.5, 0.6) is 0 Å². The van der Waals surface area contributed by atoms with Gasteiger partial charge in [-0.3, -0.25) is 4.79 Å². The van der Waals surface area contributed by atoms with Gasteiger partial charge in [0.15, 0.2) is 0 Å². The molecule has 2 nitrogen and oxygen atoms in total. The summed E-state index contributed by atoms with van der Waals surface area (Å²) in [5.41, 5.74) is 0. The average Bonchev–Trinajstić information content (AvgIpc) is 2.55. The molecule has 2 heteroatoms. The Bertz CT molecular complexity index is 284. The molecule has 0 fully saturated rings. The summed E-state index contributed by atoms with van der Waals surface area (Å²) in [6, 6.07) is 0. The van der Waals surface area contributed by atoms with Gasteiger partial charge in [-0.1, -0.05) is 77.4 Å². The van der Waals surface area contributed by atoms with Crippen LogP contribution in [-0.2, 0) is 9.53 Å². The third-order valence-electron chi connectivity index (χ3n) is 4.33. The monoisotopic (exact) mass is 324 g/mol. The largest absolute Gasteiger partial charge is 0.466 e. The second-order valence-electron chi connectivity index (χ2n) is 6.55. The molecule has 0 heterocycles. The standard InChI is InChI=1S/C21H40O2/c1-4-7-8-9-10-11-12-13-14-15-16-17-19-20(18-5-2)21(22)23-6-3/h15-16,20H,4-14,17-19H2,1-3H3. The van der Waals surface area contributed by atoms with Crippen molar-refractivity contribution in [2.24, 2.45) is 5.92 Å². The van der Waals surface area contributed by atoms with Crippen LogP contribution in [0, 0.1) is 5.92 Å². The van der Waals surface area contributed by atoms with Crippen LogP contribution < -0.4 is 0 Å². The van der Waals surface area contributed by atoms with Crippen LogP contribution in [0.1, 0.15) is 104 Å². The molecule has 0 aromatic heterocycles. The van der Waals surface area contributed by atoms with Crippen LogP contribution in [0.15, 0.2) is 12.2 Å². The van der Waals surface area contributed by atoms with Gasteiger partial charge in [0, 0.05) is 0 Å². The highest BCUT2D eigenvalue weighted by atomic mass is 16.5. The van der Waals surface area contributed by atoms with E-state index in [9.17, 15) is 4.79 Å². The van der Waals surface area contributed by atoms with Gasteiger partial charge >= 0.3 is 5.97 Å². The van der Waals surface area contributed by atoms with E-state index in [1.54, 1.807) is 0 Å². The van der Waals surface area contributed by atoms with Crippen molar-refractivity contribution in [2.45, 2.75) is 104 Å². The van der Waals surface area contributed by atoms with Crippen LogP contribution in [0.4, 0.5) is 0 Å². The van der Waals surface area contributed by atoms with Crippen molar-refractivity contribution in [3.05, 3.63) is 12.2 Å². The highest BCUT2D eigenvalue weighted by Gasteiger charge is 2.17. The number of allylic oxidation sites excluding steroid dienone is 2. The second kappa shape index (κ2) is 17.6. The van der Waals surface area contributed by atoms with E-state index >= 15 is 0 Å². The Morgan fingerprint density at radius 1 is 0.783 bits per heavy atom. The first-order chi connectivity index (χ1) is 11.3. The molecule has 0 rings (SSSR count). The van der Waals surface area contributed by atoms with Crippen molar-refractivity contribution in [1.82, 2.24) is 0 Å². The molecule has 0 aromatic carbocycles. The van der Waals surface area contributed by atoms with Crippen molar-refractivity contribution in [1.29, 1.82) is 0 Å². The summed E-state index contributed by atoms with van der Waals surface area (Å²) >= 11 is 0. The molecule has 0 aromatic rings. The Morgan fingerprint density at radius 2 is 1.39 bits per heavy atom. The minimum absolute atomic E-state index is 0.00850. The lowest BCUT2D eigenvalue weighted by atomic mass is 9.98. The van der Waals surface area contributed by atoms with Crippen molar-refractivity contribution >= 4 is 5.97 Å². The molecule has 1 unspecified atom stereocenters. The van der Waals surface area contributed by atoms with E-state index in [0.29, 0.717) is 6.61 Å². The minimum Gasteiger partial charge on any atom is -0.466 e. The average molecular weight is 325 g/mol. The van der Waals surface area contributed by atoms with E-state index in [1.807, 2.05) is 6.92 Å². The minimum atomic E-state index is -0.00850. The Kier molecular flexibility index (Phi) is 17.0. The third kappa shape index (κ3) is 14.5. The summed E-state index contributed by atoms with van der Waals surface area (Å²) < 4.78 is 5.15. The van der Waals surface area contributed by atoms with E-state index < -0.39 is 0 Å². The number of ether oxygens (including phenoxy) is 1. The Hall–Kier alpha value is -0.790. The molecule has 0 aliphatic carbocycles. The van der Waals surface area contributed by atoms with E-state index in [2.05, 4.69) is 26.0 Å². The van der Waals surface area contributed by atoms with Gasteiger partial charge in [0.1, 0.15) is 0 Å². The summed E-state index contributed by atoms with van der Waals surface area (Å²) in [5.74, 6) is 0.0820. The Labute approximate surface area is 145 Å². The molecule has 0 amide bonds. The zero-order chi connectivity index (χ0) is 17.2. The lowest BCUT2D eigenvalue weighted by Crippen LogP contribution is -2.17. The lowest BCUT2D eigenvalue weighted by molar-refractivity contribution is -0.148. The molecule has 0 N–H and O–H groups in total. The predicted molar refractivity (Wildman–Crippen MR) is 101 cm³/mol. The molecule has 0 saturated heterocycles. The fourth-order valence-corrected chi connectivity index (χ4v) is 2.92. The van der Waals surface area contributed by atoms with E-state index in [1.165, 1.54) is 57.8 Å². The molecule has 1 atom stereocenters. The summed E-state index contributed by atoms with van der Waals surface area (Å²) in [6.45, 7) is 6.77. The maximum absolute atomic E-state index is 11.8. The van der Waals surface area contributed by atoms with Gasteiger partial charge in [0.25, 0.3) is 0 Å². The normalized spacial score (nSPS) is 12.7. The second-order valence-corrected chi connectivity index (χ2v) is 6.55. The molecule has 0 aliphatic rings. The molecule has 0 bridgehead atoms. The zero-order valence-corrected chi connectivity index (χ0v) is 15.9. The van der Waals surface area contributed by atoms with E-state index in [-0.39, 0.29) is 11.9 Å². The number of carbonyl (C=O) groups is 1. The number of hydrogen-bond acceptors (Lipinski definition) is 2. The van der Waals surface area contributed by atoms with Gasteiger partial charge < -0.3 is 4.74 Å². The van der Waals surface area contributed by atoms with Gasteiger partial charge in [-0.05, 0) is 39.0 Å². The van der Waals surface area contributed by atoms with Crippen molar-refractivity contribution < 1.29 is 9.53 Å². The first-order valence-electron chi connectivity index (χ1n) is 10.1. The van der Waals surface area contributed by atoms with E-state index in [4.69, 9.17) is 4.74 Å². The smallest absolute Gasteiger partial charge is 0.308 e. The van der Waals surface area contributed by atoms with Crippen LogP contribution >= 0.6 is 0 Å². The molecular formula is C21H40O2. The highest BCUT2D eigenvalue weighted by Crippen LogP contribution is 2.16. The van der Waals surface area contributed by atoms with Crippen LogP contribution in [0.3, 0.4) is 0 Å². The third-order valence-corrected chi connectivity index (χ3v) is 4.33. The number of carbonyl (C=O) groups excluding carboxylic acids is 1. The number of esters is 1. The fourth-order valence-electron chi connectivity index (χ4n) is 2.92. The van der Waals surface area contributed by atoms with Crippen molar-refractivity contribution in [2.75, 3.05) is 6.61 Å². The van der Waals surface area contributed by atoms with Gasteiger partial charge in [-0.25, -0.2) is 0 Å². The first kappa shape index (κ1) is 22.2. The van der Waals surface area contributed by atoms with Crippen LogP contribution in [0.2, 0.25) is 0 Å². The Morgan fingerprint density at radius 3 is 2.00 bits per heavy atom. The number of hydrogen-bond donors (Lipinski definition) is 0. The van der Waals surface area contributed by atoms with Crippen LogP contribution in [-0.4, -0.2) is 12.6 Å². The van der Waals surface area contributed by atoms with Crippen molar-refractivity contribution in [3.63, 3.8) is 0 Å². The SMILES string of the molecule is CCCCCCCCCCC=CCCC(CCC)C(=O)OCC. The maximum Gasteiger partial charge on any atom is 0.308 e. The molecule has 0 spiro atoms. The number of rotatable bonds is 16. The molecule has 23 heavy (non-hydrogen) atoms. The van der Waals surface area contributed by atoms with Gasteiger partial charge in [-0.2, -0.15) is 0 Å². The van der Waals surface area contributed by atoms with Crippen molar-refractivity contribution in [3.8, 4) is 0 Å². The highest BCUT2D eigenvalue weighted by molar-refractivity contribution is 5.72. The molecule has 0 saturated carbocycles. The fraction of sp³-hybridized carbons (Fsp3) is 0.857. The number of unbranched alkanes of at least 4 members (excludes halogenated alkanes) is 8. The zero-order valence-electron chi connectivity index (χ0n) is 15.9. The van der Waals surface area contributed by atoms with Crippen LogP contribution in [0.25, 0.3) is 0 Å². The Balaban J connectivity index is 3.55. The predicted octanol–water partition coefficient (Wildman–Crippen LogP) is 6.83. The summed E-state index contributed by atoms with van der Waals surface area (Å²) in [7, 11) is 0. The molecule has 136 valence electrons. The topological polar surface area (TPSA) is 26.3 Å². The maximum atomic E-state index is 11.8. The first-order valence-corrected chi connectivity index (χ1v) is 10.1. The molecular weight excluding hydrogens is 284 g/mol. The quantitative estimate of drug-likeness (QED) is 0.177. The summed E-state index contributed by atoms with van der Waals surface area (Å²) in [6.07, 6.45) is 20.7. The van der Waals surface area contributed by atoms with Gasteiger partial charge in [0.05, 0.1) is 12.5 Å². The van der Waals surface area contributed by atoms with Gasteiger partial charge in [0.2, 0.25) is 0 Å². The summed E-state index contributed by atoms with van der Waals surface area (Å²) in [4.78, 5) is 11.8. The van der Waals surface area contributed by atoms with Gasteiger partial charge in [-0.15, -0.1) is 0 Å².